The molecule has 142 valence electrons. The predicted octanol–water partition coefficient (Wildman–Crippen LogP) is 3.88. The maximum atomic E-state index is 12.5. The van der Waals surface area contributed by atoms with Gasteiger partial charge in [0, 0.05) is 11.9 Å². The number of hydrogen-bond donors (Lipinski definition) is 1. The number of thioether (sulfide) groups is 2. The monoisotopic (exact) mass is 400 g/mol. The first-order valence-corrected chi connectivity index (χ1v) is 11.4. The summed E-state index contributed by atoms with van der Waals surface area (Å²) in [6.07, 6.45) is 4.83. The number of fused-ring (bicyclic) bond motifs is 1. The number of benzene rings is 1. The highest BCUT2D eigenvalue weighted by molar-refractivity contribution is 7.99. The molecule has 5 nitrogen and oxygen atoms in total. The van der Waals surface area contributed by atoms with Crippen molar-refractivity contribution in [3.63, 3.8) is 0 Å². The van der Waals surface area contributed by atoms with Gasteiger partial charge in [-0.15, -0.1) is 22.0 Å². The molecule has 0 aliphatic carbocycles. The zero-order valence-electron chi connectivity index (χ0n) is 15.6. The molecule has 0 aliphatic heterocycles. The van der Waals surface area contributed by atoms with E-state index in [4.69, 9.17) is 0 Å². The lowest BCUT2D eigenvalue weighted by molar-refractivity contribution is -0.119. The number of hydrogen-bond acceptors (Lipinski definition) is 5. The van der Waals surface area contributed by atoms with Crippen LogP contribution in [-0.4, -0.2) is 38.3 Å². The molecule has 0 bridgehead atoms. The number of rotatable bonds is 9. The SMILES string of the molecule is CSCCC(NC(=O)CSCc1ccc(C)cc1)c1nnc2ccccn12. The minimum Gasteiger partial charge on any atom is -0.345 e. The molecular formula is C20H24N4OS2. The third-order valence-corrected chi connectivity index (χ3v) is 5.87. The Morgan fingerprint density at radius 1 is 1.19 bits per heavy atom. The van der Waals surface area contributed by atoms with E-state index in [0.717, 1.165) is 29.4 Å². The maximum absolute atomic E-state index is 12.5. The normalized spacial score (nSPS) is 12.2. The lowest BCUT2D eigenvalue weighted by Crippen LogP contribution is -2.31. The number of aryl methyl sites for hydroxylation is 1. The zero-order chi connectivity index (χ0) is 19.1. The summed E-state index contributed by atoms with van der Waals surface area (Å²) >= 11 is 3.39. The molecule has 1 aromatic carbocycles. The smallest absolute Gasteiger partial charge is 0.230 e. The zero-order valence-corrected chi connectivity index (χ0v) is 17.2. The molecule has 1 N–H and O–H groups in total. The predicted molar refractivity (Wildman–Crippen MR) is 114 cm³/mol. The third kappa shape index (κ3) is 5.49. The van der Waals surface area contributed by atoms with Crippen LogP contribution in [0.3, 0.4) is 0 Å². The van der Waals surface area contributed by atoms with Gasteiger partial charge in [-0.3, -0.25) is 9.20 Å². The quantitative estimate of drug-likeness (QED) is 0.591. The first-order chi connectivity index (χ1) is 13.2. The van der Waals surface area contributed by atoms with Gasteiger partial charge in [-0.2, -0.15) is 11.8 Å². The topological polar surface area (TPSA) is 59.3 Å². The van der Waals surface area contributed by atoms with Crippen molar-refractivity contribution in [3.05, 3.63) is 65.6 Å². The Morgan fingerprint density at radius 2 is 2.00 bits per heavy atom. The molecule has 0 aliphatic rings. The average Bonchev–Trinajstić information content (AvgIpc) is 3.11. The summed E-state index contributed by atoms with van der Waals surface area (Å²) in [6, 6.07) is 14.1. The molecule has 7 heteroatoms. The minimum absolute atomic E-state index is 0.0332. The molecule has 2 heterocycles. The van der Waals surface area contributed by atoms with E-state index in [1.165, 1.54) is 11.1 Å². The van der Waals surface area contributed by atoms with E-state index >= 15 is 0 Å². The molecule has 27 heavy (non-hydrogen) atoms. The summed E-state index contributed by atoms with van der Waals surface area (Å²) < 4.78 is 1.95. The first-order valence-electron chi connectivity index (χ1n) is 8.88. The number of pyridine rings is 1. The Labute approximate surface area is 168 Å². The number of aromatic nitrogens is 3. The van der Waals surface area contributed by atoms with Crippen molar-refractivity contribution in [2.45, 2.75) is 25.1 Å². The van der Waals surface area contributed by atoms with E-state index in [0.29, 0.717) is 5.75 Å². The fourth-order valence-electron chi connectivity index (χ4n) is 2.78. The molecular weight excluding hydrogens is 376 g/mol. The van der Waals surface area contributed by atoms with E-state index < -0.39 is 0 Å². The molecule has 1 amide bonds. The summed E-state index contributed by atoms with van der Waals surface area (Å²) in [7, 11) is 0. The highest BCUT2D eigenvalue weighted by atomic mass is 32.2. The molecule has 3 aromatic rings. The highest BCUT2D eigenvalue weighted by Crippen LogP contribution is 2.19. The summed E-state index contributed by atoms with van der Waals surface area (Å²) in [5.41, 5.74) is 3.28. The lowest BCUT2D eigenvalue weighted by atomic mass is 10.2. The fourth-order valence-corrected chi connectivity index (χ4v) is 4.05. The molecule has 2 aromatic heterocycles. The second-order valence-corrected chi connectivity index (χ2v) is 8.34. The summed E-state index contributed by atoms with van der Waals surface area (Å²) in [5, 5.41) is 11.7. The van der Waals surface area contributed by atoms with E-state index in [9.17, 15) is 4.79 Å². The van der Waals surface area contributed by atoms with Gasteiger partial charge in [0.05, 0.1) is 11.8 Å². The van der Waals surface area contributed by atoms with E-state index in [1.54, 1.807) is 23.5 Å². The first kappa shape index (κ1) is 19.8. The molecule has 0 spiro atoms. The van der Waals surface area contributed by atoms with Crippen LogP contribution in [0.4, 0.5) is 0 Å². The lowest BCUT2D eigenvalue weighted by Gasteiger charge is -2.17. The summed E-state index contributed by atoms with van der Waals surface area (Å²) in [4.78, 5) is 12.5. The number of amides is 1. The Hall–Kier alpha value is -1.99. The molecule has 0 fully saturated rings. The summed E-state index contributed by atoms with van der Waals surface area (Å²) in [5.74, 6) is 3.03. The van der Waals surface area contributed by atoms with Crippen LogP contribution in [0.25, 0.3) is 5.65 Å². The highest BCUT2D eigenvalue weighted by Gasteiger charge is 2.20. The van der Waals surface area contributed by atoms with Gasteiger partial charge in [0.1, 0.15) is 0 Å². The van der Waals surface area contributed by atoms with Crippen molar-refractivity contribution >= 4 is 35.1 Å². The Kier molecular flexibility index (Phi) is 7.18. The van der Waals surface area contributed by atoms with Crippen LogP contribution >= 0.6 is 23.5 Å². The maximum Gasteiger partial charge on any atom is 0.230 e. The van der Waals surface area contributed by atoms with Crippen molar-refractivity contribution in [2.24, 2.45) is 0 Å². The number of nitrogens with zero attached hydrogens (tertiary/aromatic N) is 3. The van der Waals surface area contributed by atoms with Gasteiger partial charge in [0.15, 0.2) is 11.5 Å². The van der Waals surface area contributed by atoms with Crippen molar-refractivity contribution in [2.75, 3.05) is 17.8 Å². The molecule has 1 unspecified atom stereocenters. The van der Waals surface area contributed by atoms with Gasteiger partial charge in [-0.1, -0.05) is 35.9 Å². The number of carbonyl (C=O) groups is 1. The van der Waals surface area contributed by atoms with Gasteiger partial charge in [0.2, 0.25) is 5.91 Å². The van der Waals surface area contributed by atoms with Crippen LogP contribution in [0.1, 0.15) is 29.4 Å². The number of carbonyl (C=O) groups excluding carboxylic acids is 1. The molecule has 3 rings (SSSR count). The van der Waals surface area contributed by atoms with E-state index in [-0.39, 0.29) is 11.9 Å². The van der Waals surface area contributed by atoms with Gasteiger partial charge in [0.25, 0.3) is 0 Å². The van der Waals surface area contributed by atoms with Crippen LogP contribution in [0.15, 0.2) is 48.7 Å². The largest absolute Gasteiger partial charge is 0.345 e. The molecule has 1 atom stereocenters. The van der Waals surface area contributed by atoms with E-state index in [1.807, 2.05) is 28.8 Å². The van der Waals surface area contributed by atoms with Gasteiger partial charge in [-0.05, 0) is 43.0 Å². The van der Waals surface area contributed by atoms with Crippen molar-refractivity contribution in [3.8, 4) is 0 Å². The van der Waals surface area contributed by atoms with Crippen LogP contribution in [0.5, 0.6) is 0 Å². The van der Waals surface area contributed by atoms with Crippen molar-refractivity contribution in [1.29, 1.82) is 0 Å². The van der Waals surface area contributed by atoms with Crippen LogP contribution < -0.4 is 5.32 Å². The van der Waals surface area contributed by atoms with Crippen molar-refractivity contribution < 1.29 is 4.79 Å². The fraction of sp³-hybridized carbons (Fsp3) is 0.350. The third-order valence-electron chi connectivity index (χ3n) is 4.22. The van der Waals surface area contributed by atoms with Gasteiger partial charge < -0.3 is 5.32 Å². The van der Waals surface area contributed by atoms with Gasteiger partial charge >= 0.3 is 0 Å². The average molecular weight is 401 g/mol. The Morgan fingerprint density at radius 3 is 2.78 bits per heavy atom. The summed E-state index contributed by atoms with van der Waals surface area (Å²) in [6.45, 7) is 2.08. The second kappa shape index (κ2) is 9.80. The van der Waals surface area contributed by atoms with E-state index in [2.05, 4.69) is 53.0 Å². The van der Waals surface area contributed by atoms with Crippen molar-refractivity contribution in [1.82, 2.24) is 19.9 Å². The molecule has 0 radical (unpaired) electrons. The number of nitrogens with one attached hydrogen (secondary N) is 1. The Bertz CT molecular complexity index is 879. The second-order valence-electron chi connectivity index (χ2n) is 6.37. The molecule has 0 saturated heterocycles. The molecule has 0 saturated carbocycles. The standard InChI is InChI=1S/C20H24N4OS2/c1-15-6-8-16(9-7-15)13-27-14-19(25)21-17(10-12-26-2)20-23-22-18-5-3-4-11-24(18)20/h3-9,11,17H,10,12-14H2,1-2H3,(H,21,25). The van der Waals surface area contributed by atoms with Crippen LogP contribution in [0.2, 0.25) is 0 Å². The van der Waals surface area contributed by atoms with Gasteiger partial charge in [-0.25, -0.2) is 0 Å². The minimum atomic E-state index is -0.137. The van der Waals surface area contributed by atoms with Crippen LogP contribution in [-0.2, 0) is 10.5 Å². The Balaban J connectivity index is 1.60. The van der Waals surface area contributed by atoms with Crippen LogP contribution in [0, 0.1) is 6.92 Å².